The van der Waals surface area contributed by atoms with Crippen LogP contribution in [-0.4, -0.2) is 14.8 Å². The van der Waals surface area contributed by atoms with Crippen LogP contribution in [0.4, 0.5) is 5.95 Å². The smallest absolute Gasteiger partial charge is 0.239 e. The van der Waals surface area contributed by atoms with Crippen molar-refractivity contribution in [2.45, 2.75) is 32.7 Å². The fraction of sp³-hybridized carbons (Fsp3) is 0.385. The first-order valence-electron chi connectivity index (χ1n) is 5.69. The Hall–Kier alpha value is -1.84. The van der Waals surface area contributed by atoms with Crippen LogP contribution in [0.3, 0.4) is 0 Å². The Labute approximate surface area is 101 Å². The van der Waals surface area contributed by atoms with Crippen LogP contribution in [0.15, 0.2) is 30.6 Å². The lowest BCUT2D eigenvalue weighted by molar-refractivity contribution is 0.589. The van der Waals surface area contributed by atoms with Crippen LogP contribution >= 0.6 is 0 Å². The molecule has 0 aliphatic rings. The van der Waals surface area contributed by atoms with Crippen molar-refractivity contribution in [1.29, 1.82) is 0 Å². The predicted molar refractivity (Wildman–Crippen MR) is 68.7 cm³/mol. The molecule has 1 heterocycles. The van der Waals surface area contributed by atoms with E-state index in [0.717, 1.165) is 0 Å². The molecule has 0 atom stereocenters. The molecule has 2 aromatic rings. The summed E-state index contributed by atoms with van der Waals surface area (Å²) in [5, 5.41) is 4.06. The summed E-state index contributed by atoms with van der Waals surface area (Å²) in [5.41, 5.74) is 8.19. The standard InChI is InChI=1S/C13H18N4/c1-13(2,3)11-6-4-10(5-7-11)8-17-9-15-12(14)16-17/h4-7,9H,8H2,1-3H3,(H2,14,16). The molecule has 0 fully saturated rings. The molecule has 4 nitrogen and oxygen atoms in total. The summed E-state index contributed by atoms with van der Waals surface area (Å²) in [7, 11) is 0. The van der Waals surface area contributed by atoms with E-state index >= 15 is 0 Å². The van der Waals surface area contributed by atoms with E-state index in [-0.39, 0.29) is 5.41 Å². The van der Waals surface area contributed by atoms with Crippen LogP contribution in [0.1, 0.15) is 31.9 Å². The highest BCUT2D eigenvalue weighted by molar-refractivity contribution is 5.27. The lowest BCUT2D eigenvalue weighted by Crippen LogP contribution is -2.11. The summed E-state index contributed by atoms with van der Waals surface area (Å²) in [5.74, 6) is 0.316. The highest BCUT2D eigenvalue weighted by atomic mass is 15.3. The first kappa shape index (κ1) is 11.6. The molecule has 2 N–H and O–H groups in total. The van der Waals surface area contributed by atoms with E-state index in [1.54, 1.807) is 11.0 Å². The van der Waals surface area contributed by atoms with Gasteiger partial charge in [-0.2, -0.15) is 0 Å². The molecule has 2 rings (SSSR count). The molecule has 4 heteroatoms. The highest BCUT2D eigenvalue weighted by Gasteiger charge is 2.12. The van der Waals surface area contributed by atoms with Gasteiger partial charge in [-0.05, 0) is 16.5 Å². The zero-order valence-corrected chi connectivity index (χ0v) is 10.5. The molecule has 0 spiro atoms. The number of aromatic nitrogens is 3. The second-order valence-electron chi connectivity index (χ2n) is 5.25. The summed E-state index contributed by atoms with van der Waals surface area (Å²) in [6.07, 6.45) is 1.65. The molecule has 0 aliphatic carbocycles. The molecular weight excluding hydrogens is 212 g/mol. The van der Waals surface area contributed by atoms with Crippen molar-refractivity contribution < 1.29 is 0 Å². The van der Waals surface area contributed by atoms with E-state index in [1.807, 2.05) is 0 Å². The topological polar surface area (TPSA) is 56.7 Å². The van der Waals surface area contributed by atoms with Crippen molar-refractivity contribution in [2.75, 3.05) is 5.73 Å². The summed E-state index contributed by atoms with van der Waals surface area (Å²) in [4.78, 5) is 3.90. The SMILES string of the molecule is CC(C)(C)c1ccc(Cn2cnc(N)n2)cc1. The normalized spacial score (nSPS) is 11.7. The molecule has 0 saturated carbocycles. The number of benzene rings is 1. The quantitative estimate of drug-likeness (QED) is 0.860. The van der Waals surface area contributed by atoms with Crippen molar-refractivity contribution in [3.05, 3.63) is 41.7 Å². The van der Waals surface area contributed by atoms with Crippen molar-refractivity contribution in [3.8, 4) is 0 Å². The lowest BCUT2D eigenvalue weighted by atomic mass is 9.87. The Balaban J connectivity index is 2.13. The van der Waals surface area contributed by atoms with E-state index in [1.165, 1.54) is 11.1 Å². The molecule has 17 heavy (non-hydrogen) atoms. The Morgan fingerprint density at radius 1 is 1.18 bits per heavy atom. The number of hydrogen-bond acceptors (Lipinski definition) is 3. The Bertz CT molecular complexity index is 491. The molecule has 1 aromatic heterocycles. The van der Waals surface area contributed by atoms with Crippen LogP contribution in [-0.2, 0) is 12.0 Å². The van der Waals surface area contributed by atoms with Gasteiger partial charge in [0.1, 0.15) is 6.33 Å². The largest absolute Gasteiger partial charge is 0.367 e. The van der Waals surface area contributed by atoms with Crippen LogP contribution in [0.5, 0.6) is 0 Å². The minimum Gasteiger partial charge on any atom is -0.367 e. The fourth-order valence-corrected chi connectivity index (χ4v) is 1.68. The number of nitrogens with zero attached hydrogens (tertiary/aromatic N) is 3. The lowest BCUT2D eigenvalue weighted by Gasteiger charge is -2.19. The summed E-state index contributed by atoms with van der Waals surface area (Å²) < 4.78 is 1.74. The molecule has 0 amide bonds. The number of hydrogen-bond donors (Lipinski definition) is 1. The van der Waals surface area contributed by atoms with E-state index in [4.69, 9.17) is 5.73 Å². The zero-order chi connectivity index (χ0) is 12.5. The maximum absolute atomic E-state index is 5.47. The van der Waals surface area contributed by atoms with Crippen LogP contribution < -0.4 is 5.73 Å². The van der Waals surface area contributed by atoms with Crippen molar-refractivity contribution >= 4 is 5.95 Å². The average molecular weight is 230 g/mol. The molecule has 0 unspecified atom stereocenters. The number of nitrogens with two attached hydrogens (primary N) is 1. The summed E-state index contributed by atoms with van der Waals surface area (Å²) >= 11 is 0. The van der Waals surface area contributed by atoms with Crippen molar-refractivity contribution in [3.63, 3.8) is 0 Å². The molecule has 0 aliphatic heterocycles. The van der Waals surface area contributed by atoms with Crippen LogP contribution in [0.2, 0.25) is 0 Å². The monoisotopic (exact) mass is 230 g/mol. The third kappa shape index (κ3) is 2.84. The van der Waals surface area contributed by atoms with Gasteiger partial charge in [-0.3, -0.25) is 0 Å². The molecule has 90 valence electrons. The van der Waals surface area contributed by atoms with Gasteiger partial charge in [-0.25, -0.2) is 9.67 Å². The van der Waals surface area contributed by atoms with Crippen molar-refractivity contribution in [2.24, 2.45) is 0 Å². The zero-order valence-electron chi connectivity index (χ0n) is 10.5. The first-order valence-corrected chi connectivity index (χ1v) is 5.69. The Morgan fingerprint density at radius 2 is 1.82 bits per heavy atom. The molecular formula is C13H18N4. The Kier molecular flexibility index (Phi) is 2.88. The minimum atomic E-state index is 0.191. The van der Waals surface area contributed by atoms with E-state index < -0.39 is 0 Å². The molecule has 0 bridgehead atoms. The summed E-state index contributed by atoms with van der Waals surface area (Å²) in [6.45, 7) is 7.33. The van der Waals surface area contributed by atoms with Gasteiger partial charge in [0.05, 0.1) is 6.54 Å². The third-order valence-corrected chi connectivity index (χ3v) is 2.72. The fourth-order valence-electron chi connectivity index (χ4n) is 1.68. The van der Waals surface area contributed by atoms with Gasteiger partial charge in [0, 0.05) is 0 Å². The second kappa shape index (κ2) is 4.20. The number of anilines is 1. The highest BCUT2D eigenvalue weighted by Crippen LogP contribution is 2.22. The van der Waals surface area contributed by atoms with E-state index in [2.05, 4.69) is 55.1 Å². The van der Waals surface area contributed by atoms with Gasteiger partial charge in [0.15, 0.2) is 0 Å². The van der Waals surface area contributed by atoms with Gasteiger partial charge >= 0.3 is 0 Å². The van der Waals surface area contributed by atoms with Gasteiger partial charge in [-0.1, -0.05) is 45.0 Å². The van der Waals surface area contributed by atoms with E-state index in [0.29, 0.717) is 12.5 Å². The molecule has 0 saturated heterocycles. The Morgan fingerprint density at radius 3 is 2.29 bits per heavy atom. The maximum Gasteiger partial charge on any atom is 0.239 e. The second-order valence-corrected chi connectivity index (χ2v) is 5.25. The maximum atomic E-state index is 5.47. The molecule has 1 aromatic carbocycles. The average Bonchev–Trinajstić information content (AvgIpc) is 2.63. The summed E-state index contributed by atoms with van der Waals surface area (Å²) in [6, 6.07) is 8.57. The van der Waals surface area contributed by atoms with Crippen LogP contribution in [0.25, 0.3) is 0 Å². The van der Waals surface area contributed by atoms with Gasteiger partial charge in [0.25, 0.3) is 0 Å². The number of nitrogen functional groups attached to an aromatic ring is 1. The first-order chi connectivity index (χ1) is 7.95. The third-order valence-electron chi connectivity index (χ3n) is 2.72. The molecule has 0 radical (unpaired) electrons. The minimum absolute atomic E-state index is 0.191. The van der Waals surface area contributed by atoms with Gasteiger partial charge in [-0.15, -0.1) is 5.10 Å². The predicted octanol–water partition coefficient (Wildman–Crippen LogP) is 2.21. The van der Waals surface area contributed by atoms with Crippen LogP contribution in [0, 0.1) is 0 Å². The van der Waals surface area contributed by atoms with Gasteiger partial charge < -0.3 is 5.73 Å². The van der Waals surface area contributed by atoms with Crippen molar-refractivity contribution in [1.82, 2.24) is 14.8 Å². The number of rotatable bonds is 2. The van der Waals surface area contributed by atoms with E-state index in [9.17, 15) is 0 Å². The van der Waals surface area contributed by atoms with Gasteiger partial charge in [0.2, 0.25) is 5.95 Å².